The van der Waals surface area contributed by atoms with Crippen LogP contribution in [0.3, 0.4) is 0 Å². The molecule has 0 bridgehead atoms. The number of aryl methyl sites for hydroxylation is 1. The first-order chi connectivity index (χ1) is 6.90. The maximum absolute atomic E-state index is 4.18. The standard InChI is InChI=1S/C9H10N5/c1-2-6-14-12-9(11-13-14)8-4-3-5-10-7-8/h3-5,7H,1-2,6H2. The van der Waals surface area contributed by atoms with Gasteiger partial charge in [-0.1, -0.05) is 6.92 Å². The Bertz CT molecular complexity index is 395. The summed E-state index contributed by atoms with van der Waals surface area (Å²) in [7, 11) is 0. The lowest BCUT2D eigenvalue weighted by Crippen LogP contribution is -2.01. The fraction of sp³-hybridized carbons (Fsp3) is 0.222. The molecule has 0 spiro atoms. The van der Waals surface area contributed by atoms with Crippen molar-refractivity contribution in [3.8, 4) is 11.4 Å². The quantitative estimate of drug-likeness (QED) is 0.719. The van der Waals surface area contributed by atoms with Crippen molar-refractivity contribution in [2.24, 2.45) is 0 Å². The highest BCUT2D eigenvalue weighted by Crippen LogP contribution is 2.09. The first-order valence-corrected chi connectivity index (χ1v) is 4.37. The molecule has 71 valence electrons. The highest BCUT2D eigenvalue weighted by Gasteiger charge is 2.04. The highest BCUT2D eigenvalue weighted by molar-refractivity contribution is 5.51. The second kappa shape index (κ2) is 3.95. The Morgan fingerprint density at radius 1 is 1.43 bits per heavy atom. The normalized spacial score (nSPS) is 10.4. The van der Waals surface area contributed by atoms with Crippen molar-refractivity contribution in [1.82, 2.24) is 25.2 Å². The van der Waals surface area contributed by atoms with E-state index in [-0.39, 0.29) is 0 Å². The summed E-state index contributed by atoms with van der Waals surface area (Å²) in [6.07, 6.45) is 4.18. The number of hydrogen-bond donors (Lipinski definition) is 0. The molecule has 2 aromatic rings. The van der Waals surface area contributed by atoms with Crippen LogP contribution in [0.1, 0.15) is 6.42 Å². The molecule has 5 nitrogen and oxygen atoms in total. The summed E-state index contributed by atoms with van der Waals surface area (Å²) < 4.78 is 0. The van der Waals surface area contributed by atoms with Crippen molar-refractivity contribution in [3.05, 3.63) is 31.5 Å². The molecule has 0 fully saturated rings. The van der Waals surface area contributed by atoms with Crippen LogP contribution in [0.15, 0.2) is 24.5 Å². The summed E-state index contributed by atoms with van der Waals surface area (Å²) in [5, 5.41) is 12.0. The average molecular weight is 188 g/mol. The number of hydrogen-bond acceptors (Lipinski definition) is 4. The third-order valence-electron chi connectivity index (χ3n) is 1.73. The van der Waals surface area contributed by atoms with Gasteiger partial charge in [-0.3, -0.25) is 4.98 Å². The van der Waals surface area contributed by atoms with E-state index >= 15 is 0 Å². The van der Waals surface area contributed by atoms with Crippen molar-refractivity contribution < 1.29 is 0 Å². The summed E-state index contributed by atoms with van der Waals surface area (Å²) in [5.74, 6) is 0.603. The van der Waals surface area contributed by atoms with Crippen LogP contribution in [-0.4, -0.2) is 25.2 Å². The van der Waals surface area contributed by atoms with Crippen molar-refractivity contribution in [2.75, 3.05) is 0 Å². The second-order valence-corrected chi connectivity index (χ2v) is 2.80. The smallest absolute Gasteiger partial charge is 0.206 e. The van der Waals surface area contributed by atoms with Gasteiger partial charge in [-0.25, -0.2) is 0 Å². The largest absolute Gasteiger partial charge is 0.264 e. The lowest BCUT2D eigenvalue weighted by Gasteiger charge is -1.92. The molecule has 14 heavy (non-hydrogen) atoms. The average Bonchev–Trinajstić information content (AvgIpc) is 2.68. The monoisotopic (exact) mass is 188 g/mol. The first kappa shape index (κ1) is 8.80. The van der Waals surface area contributed by atoms with Crippen LogP contribution < -0.4 is 0 Å². The zero-order chi connectivity index (χ0) is 9.80. The lowest BCUT2D eigenvalue weighted by molar-refractivity contribution is 0.527. The van der Waals surface area contributed by atoms with Crippen LogP contribution in [-0.2, 0) is 6.54 Å². The van der Waals surface area contributed by atoms with Gasteiger partial charge in [0.15, 0.2) is 0 Å². The molecular weight excluding hydrogens is 178 g/mol. The molecule has 0 aromatic carbocycles. The maximum Gasteiger partial charge on any atom is 0.206 e. The zero-order valence-electron chi connectivity index (χ0n) is 7.67. The van der Waals surface area contributed by atoms with Crippen molar-refractivity contribution >= 4 is 0 Å². The van der Waals surface area contributed by atoms with E-state index in [1.807, 2.05) is 12.1 Å². The summed E-state index contributed by atoms with van der Waals surface area (Å²) in [5.41, 5.74) is 0.878. The summed E-state index contributed by atoms with van der Waals surface area (Å²) in [6, 6.07) is 3.75. The van der Waals surface area contributed by atoms with E-state index in [0.717, 1.165) is 12.0 Å². The van der Waals surface area contributed by atoms with E-state index in [1.165, 1.54) is 4.80 Å². The maximum atomic E-state index is 4.18. The second-order valence-electron chi connectivity index (χ2n) is 2.80. The Morgan fingerprint density at radius 3 is 3.07 bits per heavy atom. The van der Waals surface area contributed by atoms with Crippen LogP contribution in [0.25, 0.3) is 11.4 Å². The molecule has 2 aromatic heterocycles. The van der Waals surface area contributed by atoms with Gasteiger partial charge < -0.3 is 0 Å². The molecule has 2 heterocycles. The van der Waals surface area contributed by atoms with Gasteiger partial charge in [0.1, 0.15) is 0 Å². The minimum Gasteiger partial charge on any atom is -0.264 e. The van der Waals surface area contributed by atoms with Gasteiger partial charge >= 0.3 is 0 Å². The van der Waals surface area contributed by atoms with Gasteiger partial charge in [0, 0.05) is 18.0 Å². The SMILES string of the molecule is [CH2]CCn1nnc(-c2cccnc2)n1. The van der Waals surface area contributed by atoms with Crippen molar-refractivity contribution in [2.45, 2.75) is 13.0 Å². The third kappa shape index (κ3) is 1.76. The lowest BCUT2D eigenvalue weighted by atomic mass is 10.3. The number of rotatable bonds is 3. The van der Waals surface area contributed by atoms with Crippen LogP contribution in [0.5, 0.6) is 0 Å². The molecule has 0 saturated carbocycles. The fourth-order valence-corrected chi connectivity index (χ4v) is 1.09. The Labute approximate surface area is 81.8 Å². The number of nitrogens with zero attached hydrogens (tertiary/aromatic N) is 5. The molecule has 0 atom stereocenters. The Balaban J connectivity index is 2.25. The Hall–Kier alpha value is -1.78. The molecule has 0 aliphatic carbocycles. The van der Waals surface area contributed by atoms with Crippen LogP contribution in [0.2, 0.25) is 0 Å². The Morgan fingerprint density at radius 2 is 2.36 bits per heavy atom. The van der Waals surface area contributed by atoms with Gasteiger partial charge in [0.2, 0.25) is 5.82 Å². The highest BCUT2D eigenvalue weighted by atomic mass is 15.6. The third-order valence-corrected chi connectivity index (χ3v) is 1.73. The molecule has 1 radical (unpaired) electrons. The topological polar surface area (TPSA) is 56.5 Å². The van der Waals surface area contributed by atoms with Gasteiger partial charge in [0.25, 0.3) is 0 Å². The van der Waals surface area contributed by atoms with E-state index < -0.39 is 0 Å². The van der Waals surface area contributed by atoms with Crippen LogP contribution >= 0.6 is 0 Å². The summed E-state index contributed by atoms with van der Waals surface area (Å²) in [4.78, 5) is 5.52. The molecule has 0 unspecified atom stereocenters. The van der Waals surface area contributed by atoms with Gasteiger partial charge in [-0.2, -0.15) is 4.80 Å². The van der Waals surface area contributed by atoms with Gasteiger partial charge in [-0.15, -0.1) is 10.2 Å². The molecule has 0 amide bonds. The first-order valence-electron chi connectivity index (χ1n) is 4.37. The van der Waals surface area contributed by atoms with Gasteiger partial charge in [-0.05, 0) is 23.8 Å². The fourth-order valence-electron chi connectivity index (χ4n) is 1.09. The predicted molar refractivity (Wildman–Crippen MR) is 51.0 cm³/mol. The number of tetrazole rings is 1. The van der Waals surface area contributed by atoms with E-state index in [2.05, 4.69) is 27.3 Å². The molecule has 0 aliphatic rings. The number of pyridine rings is 1. The zero-order valence-corrected chi connectivity index (χ0v) is 7.67. The van der Waals surface area contributed by atoms with Crippen LogP contribution in [0.4, 0.5) is 0 Å². The van der Waals surface area contributed by atoms with Crippen molar-refractivity contribution in [3.63, 3.8) is 0 Å². The molecule has 2 rings (SSSR count). The minimum absolute atomic E-state index is 0.603. The van der Waals surface area contributed by atoms with E-state index in [4.69, 9.17) is 0 Å². The summed E-state index contributed by atoms with van der Waals surface area (Å²) >= 11 is 0. The number of aromatic nitrogens is 5. The van der Waals surface area contributed by atoms with E-state index in [1.54, 1.807) is 12.4 Å². The Kier molecular flexibility index (Phi) is 2.48. The molecule has 0 aliphatic heterocycles. The summed E-state index contributed by atoms with van der Waals surface area (Å²) in [6.45, 7) is 4.41. The van der Waals surface area contributed by atoms with E-state index in [0.29, 0.717) is 12.4 Å². The molecule has 0 N–H and O–H groups in total. The molecule has 5 heteroatoms. The molecular formula is C9H10N5. The predicted octanol–water partition coefficient (Wildman–Crippen LogP) is 0.959. The van der Waals surface area contributed by atoms with E-state index in [9.17, 15) is 0 Å². The van der Waals surface area contributed by atoms with Crippen LogP contribution in [0, 0.1) is 6.92 Å². The minimum atomic E-state index is 0.603. The van der Waals surface area contributed by atoms with Crippen molar-refractivity contribution in [1.29, 1.82) is 0 Å². The van der Waals surface area contributed by atoms with Gasteiger partial charge in [0.05, 0.1) is 6.54 Å². The molecule has 0 saturated heterocycles.